The first kappa shape index (κ1) is 29.2. The molecular formula is C24H41NO9S2. The number of nitrogens with zero attached hydrogens (tertiary/aromatic N) is 1. The first-order valence-corrected chi connectivity index (χ1v) is 16.1. The number of sulfone groups is 2. The summed E-state index contributed by atoms with van der Waals surface area (Å²) in [4.78, 5) is 27.1. The Hall–Kier alpha value is -1.40. The van der Waals surface area contributed by atoms with E-state index in [9.17, 15) is 31.5 Å². The molecule has 3 rings (SSSR count). The van der Waals surface area contributed by atoms with Gasteiger partial charge in [0.1, 0.15) is 11.3 Å². The Bertz CT molecular complexity index is 1020. The van der Waals surface area contributed by atoms with Crippen LogP contribution in [-0.4, -0.2) is 78.0 Å². The van der Waals surface area contributed by atoms with Crippen molar-refractivity contribution in [1.29, 1.82) is 0 Å². The van der Waals surface area contributed by atoms with E-state index in [1.807, 2.05) is 0 Å². The molecule has 0 radical (unpaired) electrons. The van der Waals surface area contributed by atoms with Gasteiger partial charge in [-0.15, -0.1) is 0 Å². The third-order valence-electron chi connectivity index (χ3n) is 7.59. The SMILES string of the molecule is CC(C)(C)OC(=O)N1[C@@H](CC2CCCCC2)[C@H](CCC2(C(=O)O)S(=O)(=O)CCCS2(=O)=O)OC1(C)C. The number of hydrogen-bond acceptors (Lipinski definition) is 8. The second kappa shape index (κ2) is 10.1. The highest BCUT2D eigenvalue weighted by Gasteiger charge is 2.63. The van der Waals surface area contributed by atoms with Crippen molar-refractivity contribution in [3.05, 3.63) is 0 Å². The minimum Gasteiger partial charge on any atom is -0.479 e. The summed E-state index contributed by atoms with van der Waals surface area (Å²) in [6, 6.07) is -0.502. The topological polar surface area (TPSA) is 144 Å². The molecule has 3 aliphatic rings. The predicted molar refractivity (Wildman–Crippen MR) is 134 cm³/mol. The van der Waals surface area contributed by atoms with Crippen molar-refractivity contribution in [3.63, 3.8) is 0 Å². The number of carboxylic acids is 1. The monoisotopic (exact) mass is 551 g/mol. The van der Waals surface area contributed by atoms with Crippen molar-refractivity contribution in [2.45, 2.75) is 120 Å². The molecule has 12 heteroatoms. The highest BCUT2D eigenvalue weighted by molar-refractivity contribution is 8.12. The van der Waals surface area contributed by atoms with Gasteiger partial charge in [0.2, 0.25) is 0 Å². The molecule has 2 saturated heterocycles. The summed E-state index contributed by atoms with van der Waals surface area (Å²) < 4.78 is 60.7. The molecule has 0 bridgehead atoms. The Morgan fingerprint density at radius 1 is 1.00 bits per heavy atom. The van der Waals surface area contributed by atoms with E-state index in [-0.39, 0.29) is 12.8 Å². The van der Waals surface area contributed by atoms with Crippen LogP contribution in [0.15, 0.2) is 0 Å². The molecule has 2 heterocycles. The largest absolute Gasteiger partial charge is 0.479 e. The molecule has 3 fully saturated rings. The number of carbonyl (C=O) groups excluding carboxylic acids is 1. The van der Waals surface area contributed by atoms with Gasteiger partial charge in [-0.25, -0.2) is 26.4 Å². The number of carbonyl (C=O) groups is 2. The number of hydrogen-bond donors (Lipinski definition) is 1. The average Bonchev–Trinajstić information content (AvgIpc) is 2.95. The molecule has 1 aliphatic carbocycles. The van der Waals surface area contributed by atoms with Crippen LogP contribution in [0.4, 0.5) is 4.79 Å². The number of ether oxygens (including phenoxy) is 2. The third kappa shape index (κ3) is 5.55. The zero-order valence-electron chi connectivity index (χ0n) is 22.0. The molecule has 0 aromatic heterocycles. The number of amides is 1. The second-order valence-electron chi connectivity index (χ2n) is 11.8. The van der Waals surface area contributed by atoms with Gasteiger partial charge in [-0.2, -0.15) is 0 Å². The lowest BCUT2D eigenvalue weighted by atomic mass is 9.83. The fraction of sp³-hybridized carbons (Fsp3) is 0.917. The highest BCUT2D eigenvalue weighted by Crippen LogP contribution is 2.43. The van der Waals surface area contributed by atoms with Crippen LogP contribution in [0.25, 0.3) is 0 Å². The van der Waals surface area contributed by atoms with Gasteiger partial charge in [0.15, 0.2) is 19.7 Å². The van der Waals surface area contributed by atoms with Crippen molar-refractivity contribution in [2.75, 3.05) is 11.5 Å². The molecule has 2 atom stereocenters. The Balaban J connectivity index is 1.95. The van der Waals surface area contributed by atoms with E-state index >= 15 is 0 Å². The van der Waals surface area contributed by atoms with Crippen molar-refractivity contribution in [1.82, 2.24) is 4.90 Å². The zero-order chi connectivity index (χ0) is 27.2. The highest BCUT2D eigenvalue weighted by atomic mass is 32.3. The molecule has 1 amide bonds. The maximum atomic E-state index is 13.3. The van der Waals surface area contributed by atoms with Crippen LogP contribution in [0.2, 0.25) is 0 Å². The fourth-order valence-electron chi connectivity index (χ4n) is 5.99. The number of rotatable bonds is 6. The van der Waals surface area contributed by atoms with E-state index in [0.717, 1.165) is 32.1 Å². The lowest BCUT2D eigenvalue weighted by Crippen LogP contribution is -2.58. The fourth-order valence-corrected chi connectivity index (χ4v) is 11.3. The molecule has 0 unspecified atom stereocenters. The molecule has 0 aromatic rings. The lowest BCUT2D eigenvalue weighted by molar-refractivity contribution is -0.138. The summed E-state index contributed by atoms with van der Waals surface area (Å²) in [5.41, 5.74) is -1.86. The van der Waals surface area contributed by atoms with Gasteiger partial charge in [0.05, 0.1) is 23.7 Å². The second-order valence-corrected chi connectivity index (χ2v) is 16.8. The van der Waals surface area contributed by atoms with Crippen molar-refractivity contribution < 1.29 is 41.0 Å². The van der Waals surface area contributed by atoms with Crippen molar-refractivity contribution in [2.24, 2.45) is 5.92 Å². The Labute approximate surface area is 214 Å². The molecular weight excluding hydrogens is 510 g/mol. The van der Waals surface area contributed by atoms with E-state index in [1.165, 1.54) is 4.90 Å². The molecule has 208 valence electrons. The van der Waals surface area contributed by atoms with Crippen LogP contribution in [0.3, 0.4) is 0 Å². The summed E-state index contributed by atoms with van der Waals surface area (Å²) in [6.45, 7) is 8.71. The normalized spacial score (nSPS) is 29.5. The van der Waals surface area contributed by atoms with Gasteiger partial charge >= 0.3 is 12.1 Å². The van der Waals surface area contributed by atoms with E-state index in [1.54, 1.807) is 34.6 Å². The average molecular weight is 552 g/mol. The van der Waals surface area contributed by atoms with Gasteiger partial charge in [0, 0.05) is 0 Å². The van der Waals surface area contributed by atoms with E-state index in [2.05, 4.69) is 0 Å². The van der Waals surface area contributed by atoms with Crippen LogP contribution < -0.4 is 0 Å². The van der Waals surface area contributed by atoms with Crippen molar-refractivity contribution >= 4 is 31.7 Å². The Morgan fingerprint density at radius 2 is 1.56 bits per heavy atom. The van der Waals surface area contributed by atoms with Crippen molar-refractivity contribution in [3.8, 4) is 0 Å². The summed E-state index contributed by atoms with van der Waals surface area (Å²) in [5, 5.41) is 9.95. The predicted octanol–water partition coefficient (Wildman–Crippen LogP) is 3.49. The van der Waals surface area contributed by atoms with E-state index < -0.39 is 77.2 Å². The third-order valence-corrected chi connectivity index (χ3v) is 13.5. The number of aliphatic carboxylic acids is 1. The van der Waals surface area contributed by atoms with E-state index in [4.69, 9.17) is 9.47 Å². The Kier molecular flexibility index (Phi) is 8.14. The maximum Gasteiger partial charge on any atom is 0.412 e. The Morgan fingerprint density at radius 3 is 2.06 bits per heavy atom. The standard InChI is InChI=1S/C24H41NO9S2/c1-22(2,3)34-21(28)25-18(16-17-10-7-6-8-11-17)19(33-23(25,4)5)12-13-24(20(26)27)35(29,30)14-9-15-36(24,31)32/h17-19H,6-16H2,1-5H3,(H,26,27)/t18-,19-/m0/s1. The van der Waals surface area contributed by atoms with Crippen LogP contribution in [0, 0.1) is 5.92 Å². The molecule has 1 N–H and O–H groups in total. The summed E-state index contributed by atoms with van der Waals surface area (Å²) >= 11 is 0. The van der Waals surface area contributed by atoms with Gasteiger partial charge in [-0.1, -0.05) is 32.1 Å². The summed E-state index contributed by atoms with van der Waals surface area (Å²) in [6.07, 6.45) is 3.70. The summed E-state index contributed by atoms with van der Waals surface area (Å²) in [5.74, 6) is -2.53. The molecule has 2 aliphatic heterocycles. The van der Waals surface area contributed by atoms with Gasteiger partial charge in [0.25, 0.3) is 4.08 Å². The molecule has 10 nitrogen and oxygen atoms in total. The first-order chi connectivity index (χ1) is 16.4. The molecule has 0 aromatic carbocycles. The van der Waals surface area contributed by atoms with Gasteiger partial charge in [-0.3, -0.25) is 4.90 Å². The first-order valence-electron chi connectivity index (χ1n) is 12.8. The molecule has 0 spiro atoms. The number of carboxylic acid groups (broad SMARTS) is 1. The van der Waals surface area contributed by atoms with Crippen LogP contribution in [0.5, 0.6) is 0 Å². The van der Waals surface area contributed by atoms with Crippen LogP contribution in [0.1, 0.15) is 92.4 Å². The minimum absolute atomic E-state index is 0.122. The van der Waals surface area contributed by atoms with E-state index in [0.29, 0.717) is 12.3 Å². The minimum atomic E-state index is -4.46. The maximum absolute atomic E-state index is 13.3. The zero-order valence-corrected chi connectivity index (χ0v) is 23.6. The molecule has 36 heavy (non-hydrogen) atoms. The van der Waals surface area contributed by atoms with Gasteiger partial charge < -0.3 is 14.6 Å². The lowest BCUT2D eigenvalue weighted by Gasteiger charge is -2.37. The quantitative estimate of drug-likeness (QED) is 0.524. The van der Waals surface area contributed by atoms with Gasteiger partial charge in [-0.05, 0) is 66.2 Å². The summed E-state index contributed by atoms with van der Waals surface area (Å²) in [7, 11) is -8.92. The van der Waals surface area contributed by atoms with Crippen LogP contribution >= 0.6 is 0 Å². The molecule has 1 saturated carbocycles. The smallest absolute Gasteiger partial charge is 0.412 e. The van der Waals surface area contributed by atoms with Crippen LogP contribution in [-0.2, 0) is 33.9 Å².